The Balaban J connectivity index is 2.11. The molecule has 4 heteroatoms. The van der Waals surface area contributed by atoms with Gasteiger partial charge in [0, 0.05) is 24.7 Å². The van der Waals surface area contributed by atoms with E-state index in [0.717, 1.165) is 11.6 Å². The Morgan fingerprint density at radius 2 is 2.05 bits per heavy atom. The number of hydrogen-bond donors (Lipinski definition) is 2. The third-order valence-corrected chi connectivity index (χ3v) is 4.32. The molecule has 0 saturated heterocycles. The summed E-state index contributed by atoms with van der Waals surface area (Å²) in [5.74, 6) is 2.05. The lowest BCUT2D eigenvalue weighted by atomic mass is 9.80. The van der Waals surface area contributed by atoms with Crippen molar-refractivity contribution in [1.29, 1.82) is 0 Å². The first-order valence-corrected chi connectivity index (χ1v) is 7.71. The Morgan fingerprint density at radius 1 is 1.29 bits per heavy atom. The van der Waals surface area contributed by atoms with Crippen molar-refractivity contribution in [3.05, 3.63) is 18.2 Å². The average Bonchev–Trinajstić information content (AvgIpc) is 2.44. The van der Waals surface area contributed by atoms with Crippen LogP contribution in [-0.2, 0) is 4.79 Å². The van der Waals surface area contributed by atoms with Crippen molar-refractivity contribution in [2.24, 2.45) is 11.8 Å². The highest BCUT2D eigenvalue weighted by molar-refractivity contribution is 5.90. The van der Waals surface area contributed by atoms with Crippen molar-refractivity contribution < 1.29 is 9.53 Å². The smallest absolute Gasteiger partial charge is 0.221 e. The minimum Gasteiger partial charge on any atom is -0.494 e. The van der Waals surface area contributed by atoms with Crippen LogP contribution in [0.5, 0.6) is 5.75 Å². The molecular formula is C17H26N2O2. The summed E-state index contributed by atoms with van der Waals surface area (Å²) in [5.41, 5.74) is 1.76. The largest absolute Gasteiger partial charge is 0.494 e. The van der Waals surface area contributed by atoms with Gasteiger partial charge in [0.15, 0.2) is 0 Å². The second-order valence-corrected chi connectivity index (χ2v) is 6.24. The number of benzene rings is 1. The molecule has 0 heterocycles. The van der Waals surface area contributed by atoms with Gasteiger partial charge in [-0.05, 0) is 36.8 Å². The van der Waals surface area contributed by atoms with E-state index in [1.165, 1.54) is 26.2 Å². The van der Waals surface area contributed by atoms with Crippen LogP contribution >= 0.6 is 0 Å². The van der Waals surface area contributed by atoms with Crippen molar-refractivity contribution >= 4 is 17.3 Å². The lowest BCUT2D eigenvalue weighted by Crippen LogP contribution is -2.33. The van der Waals surface area contributed by atoms with Gasteiger partial charge in [0.1, 0.15) is 5.75 Å². The molecule has 3 unspecified atom stereocenters. The number of methoxy groups -OCH3 is 1. The van der Waals surface area contributed by atoms with Gasteiger partial charge in [-0.25, -0.2) is 0 Å². The fourth-order valence-corrected chi connectivity index (χ4v) is 3.02. The van der Waals surface area contributed by atoms with Crippen molar-refractivity contribution in [1.82, 2.24) is 0 Å². The van der Waals surface area contributed by atoms with Gasteiger partial charge in [-0.2, -0.15) is 0 Å². The molecule has 0 spiro atoms. The van der Waals surface area contributed by atoms with E-state index in [0.29, 0.717) is 23.4 Å². The van der Waals surface area contributed by atoms with Crippen LogP contribution in [0.1, 0.15) is 40.0 Å². The van der Waals surface area contributed by atoms with Crippen LogP contribution in [0.2, 0.25) is 0 Å². The van der Waals surface area contributed by atoms with Crippen molar-refractivity contribution in [2.75, 3.05) is 17.7 Å². The molecule has 0 bridgehead atoms. The van der Waals surface area contributed by atoms with Crippen LogP contribution in [0.15, 0.2) is 18.2 Å². The molecule has 1 aromatic carbocycles. The highest BCUT2D eigenvalue weighted by Crippen LogP contribution is 2.33. The molecule has 4 nitrogen and oxygen atoms in total. The molecule has 1 saturated carbocycles. The van der Waals surface area contributed by atoms with Gasteiger partial charge in [-0.15, -0.1) is 0 Å². The van der Waals surface area contributed by atoms with Crippen molar-refractivity contribution in [3.8, 4) is 5.75 Å². The number of amides is 1. The molecule has 1 fully saturated rings. The summed E-state index contributed by atoms with van der Waals surface area (Å²) in [6.07, 6.45) is 3.81. The molecule has 1 aliphatic rings. The third kappa shape index (κ3) is 4.13. The van der Waals surface area contributed by atoms with Gasteiger partial charge in [0.2, 0.25) is 5.91 Å². The number of anilines is 2. The summed E-state index contributed by atoms with van der Waals surface area (Å²) in [6, 6.07) is 6.35. The molecule has 0 aliphatic heterocycles. The summed E-state index contributed by atoms with van der Waals surface area (Å²) >= 11 is 0. The lowest BCUT2D eigenvalue weighted by Gasteiger charge is -2.34. The normalized spacial score (nSPS) is 25.2. The molecule has 1 aliphatic carbocycles. The van der Waals surface area contributed by atoms with Crippen molar-refractivity contribution in [2.45, 2.75) is 46.1 Å². The Hall–Kier alpha value is -1.71. The van der Waals surface area contributed by atoms with Crippen LogP contribution in [0.4, 0.5) is 11.4 Å². The number of carbonyl (C=O) groups is 1. The van der Waals surface area contributed by atoms with Crippen LogP contribution < -0.4 is 15.4 Å². The maximum atomic E-state index is 11.2. The highest BCUT2D eigenvalue weighted by atomic mass is 16.5. The van der Waals surface area contributed by atoms with Gasteiger partial charge < -0.3 is 15.4 Å². The predicted molar refractivity (Wildman–Crippen MR) is 86.9 cm³/mol. The first-order chi connectivity index (χ1) is 9.99. The first-order valence-electron chi connectivity index (χ1n) is 7.71. The Labute approximate surface area is 127 Å². The van der Waals surface area contributed by atoms with Gasteiger partial charge in [0.05, 0.1) is 12.8 Å². The maximum absolute atomic E-state index is 11.2. The zero-order valence-electron chi connectivity index (χ0n) is 13.4. The minimum atomic E-state index is -0.0938. The molecule has 2 rings (SSSR count). The SMILES string of the molecule is COc1cc(NC2CC(C)CCC2C)ccc1NC(C)=O. The zero-order valence-corrected chi connectivity index (χ0v) is 13.4. The quantitative estimate of drug-likeness (QED) is 0.884. The van der Waals surface area contributed by atoms with Gasteiger partial charge in [-0.3, -0.25) is 4.79 Å². The van der Waals surface area contributed by atoms with E-state index in [4.69, 9.17) is 4.74 Å². The molecule has 0 radical (unpaired) electrons. The monoisotopic (exact) mass is 290 g/mol. The van der Waals surface area contributed by atoms with Crippen molar-refractivity contribution in [3.63, 3.8) is 0 Å². The number of nitrogens with one attached hydrogen (secondary N) is 2. The van der Waals surface area contributed by atoms with Crippen LogP contribution in [0.3, 0.4) is 0 Å². The maximum Gasteiger partial charge on any atom is 0.221 e. The van der Waals surface area contributed by atoms with Gasteiger partial charge in [-0.1, -0.05) is 20.3 Å². The Kier molecular flexibility index (Phi) is 5.10. The van der Waals surface area contributed by atoms with E-state index in [1.54, 1.807) is 7.11 Å². The molecule has 116 valence electrons. The number of rotatable bonds is 4. The number of hydrogen-bond acceptors (Lipinski definition) is 3. The Morgan fingerprint density at radius 3 is 2.71 bits per heavy atom. The van der Waals surface area contributed by atoms with Gasteiger partial charge >= 0.3 is 0 Å². The fourth-order valence-electron chi connectivity index (χ4n) is 3.02. The molecule has 1 aromatic rings. The third-order valence-electron chi connectivity index (χ3n) is 4.32. The van der Waals surface area contributed by atoms with Crippen LogP contribution in [0, 0.1) is 11.8 Å². The topological polar surface area (TPSA) is 50.4 Å². The van der Waals surface area contributed by atoms with E-state index in [9.17, 15) is 4.79 Å². The summed E-state index contributed by atoms with van der Waals surface area (Å²) in [5, 5.41) is 6.40. The highest BCUT2D eigenvalue weighted by Gasteiger charge is 2.25. The Bertz CT molecular complexity index is 502. The van der Waals surface area contributed by atoms with E-state index in [-0.39, 0.29) is 5.91 Å². The zero-order chi connectivity index (χ0) is 15.4. The molecular weight excluding hydrogens is 264 g/mol. The molecule has 3 atom stereocenters. The molecule has 2 N–H and O–H groups in total. The van der Waals surface area contributed by atoms with Crippen LogP contribution in [0.25, 0.3) is 0 Å². The minimum absolute atomic E-state index is 0.0938. The van der Waals surface area contributed by atoms with E-state index >= 15 is 0 Å². The predicted octanol–water partition coefficient (Wildman–Crippen LogP) is 3.89. The molecule has 0 aromatic heterocycles. The number of ether oxygens (including phenoxy) is 1. The summed E-state index contributed by atoms with van der Waals surface area (Å²) < 4.78 is 5.37. The second kappa shape index (κ2) is 6.83. The van der Waals surface area contributed by atoms with E-state index in [1.807, 2.05) is 18.2 Å². The second-order valence-electron chi connectivity index (χ2n) is 6.24. The number of carbonyl (C=O) groups excluding carboxylic acids is 1. The van der Waals surface area contributed by atoms with Crippen LogP contribution in [-0.4, -0.2) is 19.1 Å². The summed E-state index contributed by atoms with van der Waals surface area (Å²) in [6.45, 7) is 6.13. The van der Waals surface area contributed by atoms with E-state index in [2.05, 4.69) is 24.5 Å². The summed E-state index contributed by atoms with van der Waals surface area (Å²) in [7, 11) is 1.62. The van der Waals surface area contributed by atoms with Gasteiger partial charge in [0.25, 0.3) is 0 Å². The standard InChI is InChI=1S/C17H26N2O2/c1-11-5-6-12(2)16(9-11)19-14-7-8-15(18-13(3)20)17(10-14)21-4/h7-8,10-12,16,19H,5-6,9H2,1-4H3,(H,18,20). The molecule has 21 heavy (non-hydrogen) atoms. The lowest BCUT2D eigenvalue weighted by molar-refractivity contribution is -0.114. The fraction of sp³-hybridized carbons (Fsp3) is 0.588. The molecule has 1 amide bonds. The van der Waals surface area contributed by atoms with E-state index < -0.39 is 0 Å². The first kappa shape index (κ1) is 15.7. The summed E-state index contributed by atoms with van der Waals surface area (Å²) in [4.78, 5) is 11.2. The average molecular weight is 290 g/mol.